The molecule has 0 aliphatic carbocycles. The molecular formula is C16H25ClN2O2. The van der Waals surface area contributed by atoms with Gasteiger partial charge < -0.3 is 15.4 Å². The summed E-state index contributed by atoms with van der Waals surface area (Å²) in [5.74, 6) is 0.934. The normalized spacial score (nSPS) is 18.0. The van der Waals surface area contributed by atoms with Crippen molar-refractivity contribution in [3.05, 3.63) is 29.8 Å². The second-order valence-corrected chi connectivity index (χ2v) is 5.49. The first-order valence-electron chi connectivity index (χ1n) is 7.42. The van der Waals surface area contributed by atoms with E-state index in [1.54, 1.807) is 0 Å². The van der Waals surface area contributed by atoms with Crippen molar-refractivity contribution >= 4 is 18.3 Å². The Hall–Kier alpha value is -1.26. The molecule has 1 heterocycles. The van der Waals surface area contributed by atoms with Gasteiger partial charge in [-0.05, 0) is 39.3 Å². The molecule has 5 heteroatoms. The van der Waals surface area contributed by atoms with Crippen LogP contribution in [-0.2, 0) is 11.3 Å². The average Bonchev–Trinajstić information content (AvgIpc) is 2.46. The van der Waals surface area contributed by atoms with Gasteiger partial charge in [-0.2, -0.15) is 0 Å². The standard InChI is InChI=1S/C16H24N2O2.ClH/c1-12(2)20-15-9-4-3-7-13(15)11-18-16(19)14-8-5-6-10-17-14;/h3-4,7,9,12,14,17H,5-6,8,10-11H2,1-2H3,(H,18,19);1H. The van der Waals surface area contributed by atoms with Gasteiger partial charge in [-0.15, -0.1) is 12.4 Å². The zero-order valence-corrected chi connectivity index (χ0v) is 13.5. The predicted molar refractivity (Wildman–Crippen MR) is 86.9 cm³/mol. The molecular weight excluding hydrogens is 288 g/mol. The van der Waals surface area contributed by atoms with Crippen LogP contribution in [0.15, 0.2) is 24.3 Å². The number of amides is 1. The summed E-state index contributed by atoms with van der Waals surface area (Å²) < 4.78 is 5.76. The summed E-state index contributed by atoms with van der Waals surface area (Å²) in [5.41, 5.74) is 1.02. The minimum Gasteiger partial charge on any atom is -0.491 e. The maximum absolute atomic E-state index is 12.1. The summed E-state index contributed by atoms with van der Waals surface area (Å²) in [6.07, 6.45) is 3.34. The average molecular weight is 313 g/mol. The third kappa shape index (κ3) is 5.56. The maximum Gasteiger partial charge on any atom is 0.237 e. The van der Waals surface area contributed by atoms with Gasteiger partial charge in [-0.25, -0.2) is 0 Å². The molecule has 1 saturated heterocycles. The Morgan fingerprint density at radius 1 is 1.38 bits per heavy atom. The van der Waals surface area contributed by atoms with Gasteiger partial charge in [-0.1, -0.05) is 24.6 Å². The monoisotopic (exact) mass is 312 g/mol. The molecule has 1 aliphatic rings. The van der Waals surface area contributed by atoms with Crippen molar-refractivity contribution in [2.45, 2.75) is 51.8 Å². The Balaban J connectivity index is 0.00000220. The number of hydrogen-bond donors (Lipinski definition) is 2. The van der Waals surface area contributed by atoms with Gasteiger partial charge in [0.1, 0.15) is 5.75 Å². The minimum absolute atomic E-state index is 0. The summed E-state index contributed by atoms with van der Waals surface area (Å²) >= 11 is 0. The SMILES string of the molecule is CC(C)Oc1ccccc1CNC(=O)C1CCCCN1.Cl. The molecule has 1 atom stereocenters. The molecule has 0 spiro atoms. The topological polar surface area (TPSA) is 50.4 Å². The first-order valence-corrected chi connectivity index (χ1v) is 7.42. The molecule has 1 amide bonds. The van der Waals surface area contributed by atoms with E-state index in [0.717, 1.165) is 37.1 Å². The molecule has 1 aliphatic heterocycles. The van der Waals surface area contributed by atoms with Crippen LogP contribution in [0.4, 0.5) is 0 Å². The molecule has 0 bridgehead atoms. The fraction of sp³-hybridized carbons (Fsp3) is 0.562. The number of piperidine rings is 1. The molecule has 1 fully saturated rings. The number of hydrogen-bond acceptors (Lipinski definition) is 3. The number of para-hydroxylation sites is 1. The number of ether oxygens (including phenoxy) is 1. The Labute approximate surface area is 133 Å². The summed E-state index contributed by atoms with van der Waals surface area (Å²) in [6, 6.07) is 7.81. The Bertz CT molecular complexity index is 446. The van der Waals surface area contributed by atoms with Crippen molar-refractivity contribution in [1.29, 1.82) is 0 Å². The van der Waals surface area contributed by atoms with E-state index >= 15 is 0 Å². The molecule has 0 radical (unpaired) electrons. The summed E-state index contributed by atoms with van der Waals surface area (Å²) in [6.45, 7) is 5.45. The number of benzene rings is 1. The highest BCUT2D eigenvalue weighted by atomic mass is 35.5. The lowest BCUT2D eigenvalue weighted by atomic mass is 10.0. The largest absolute Gasteiger partial charge is 0.491 e. The number of rotatable bonds is 5. The van der Waals surface area contributed by atoms with Crippen molar-refractivity contribution in [3.63, 3.8) is 0 Å². The summed E-state index contributed by atoms with van der Waals surface area (Å²) in [5, 5.41) is 6.26. The van der Waals surface area contributed by atoms with E-state index in [1.165, 1.54) is 0 Å². The van der Waals surface area contributed by atoms with E-state index in [2.05, 4.69) is 10.6 Å². The lowest BCUT2D eigenvalue weighted by molar-refractivity contribution is -0.123. The van der Waals surface area contributed by atoms with Crippen molar-refractivity contribution < 1.29 is 9.53 Å². The van der Waals surface area contributed by atoms with E-state index in [-0.39, 0.29) is 30.5 Å². The van der Waals surface area contributed by atoms with E-state index in [4.69, 9.17) is 4.74 Å². The minimum atomic E-state index is -0.0399. The second kappa shape index (κ2) is 8.90. The second-order valence-electron chi connectivity index (χ2n) is 5.49. The quantitative estimate of drug-likeness (QED) is 0.879. The van der Waals surface area contributed by atoms with Gasteiger partial charge in [0.15, 0.2) is 0 Å². The summed E-state index contributed by atoms with van der Waals surface area (Å²) in [7, 11) is 0. The van der Waals surface area contributed by atoms with Crippen LogP contribution >= 0.6 is 12.4 Å². The van der Waals surface area contributed by atoms with Crippen molar-refractivity contribution in [2.75, 3.05) is 6.54 Å². The highest BCUT2D eigenvalue weighted by Crippen LogP contribution is 2.19. The zero-order valence-electron chi connectivity index (χ0n) is 12.7. The van der Waals surface area contributed by atoms with Crippen LogP contribution < -0.4 is 15.4 Å². The zero-order chi connectivity index (χ0) is 14.4. The van der Waals surface area contributed by atoms with Crippen LogP contribution in [0.5, 0.6) is 5.75 Å². The summed E-state index contributed by atoms with van der Waals surface area (Å²) in [4.78, 5) is 12.1. The third-order valence-corrected chi connectivity index (χ3v) is 3.42. The molecule has 118 valence electrons. The molecule has 2 rings (SSSR count). The van der Waals surface area contributed by atoms with Crippen LogP contribution in [0.25, 0.3) is 0 Å². The third-order valence-electron chi connectivity index (χ3n) is 3.42. The lowest BCUT2D eigenvalue weighted by Gasteiger charge is -2.23. The smallest absolute Gasteiger partial charge is 0.237 e. The van der Waals surface area contributed by atoms with Crippen LogP contribution in [0.3, 0.4) is 0 Å². The fourth-order valence-electron chi connectivity index (χ4n) is 2.40. The van der Waals surface area contributed by atoms with Gasteiger partial charge in [-0.3, -0.25) is 4.79 Å². The van der Waals surface area contributed by atoms with E-state index in [1.807, 2.05) is 38.1 Å². The number of nitrogens with one attached hydrogen (secondary N) is 2. The molecule has 2 N–H and O–H groups in total. The Kier molecular flexibility index (Phi) is 7.54. The molecule has 0 saturated carbocycles. The first kappa shape index (κ1) is 17.8. The van der Waals surface area contributed by atoms with Gasteiger partial charge in [0.2, 0.25) is 5.91 Å². The highest BCUT2D eigenvalue weighted by molar-refractivity contribution is 5.85. The molecule has 0 aromatic heterocycles. The molecule has 1 unspecified atom stereocenters. The highest BCUT2D eigenvalue weighted by Gasteiger charge is 2.20. The number of carbonyl (C=O) groups excluding carboxylic acids is 1. The van der Waals surface area contributed by atoms with Gasteiger partial charge in [0.05, 0.1) is 12.1 Å². The van der Waals surface area contributed by atoms with Crippen molar-refractivity contribution in [2.24, 2.45) is 0 Å². The van der Waals surface area contributed by atoms with Crippen molar-refractivity contribution in [1.82, 2.24) is 10.6 Å². The Morgan fingerprint density at radius 3 is 2.81 bits per heavy atom. The maximum atomic E-state index is 12.1. The van der Waals surface area contributed by atoms with Crippen LogP contribution in [-0.4, -0.2) is 24.6 Å². The van der Waals surface area contributed by atoms with Gasteiger partial charge >= 0.3 is 0 Å². The lowest BCUT2D eigenvalue weighted by Crippen LogP contribution is -2.46. The van der Waals surface area contributed by atoms with Gasteiger partial charge in [0.25, 0.3) is 0 Å². The number of halogens is 1. The molecule has 1 aromatic rings. The first-order chi connectivity index (χ1) is 9.66. The van der Waals surface area contributed by atoms with E-state index < -0.39 is 0 Å². The van der Waals surface area contributed by atoms with Crippen molar-refractivity contribution in [3.8, 4) is 5.75 Å². The van der Waals surface area contributed by atoms with Crippen LogP contribution in [0.2, 0.25) is 0 Å². The number of carbonyl (C=O) groups is 1. The molecule has 4 nitrogen and oxygen atoms in total. The molecule has 21 heavy (non-hydrogen) atoms. The van der Waals surface area contributed by atoms with Gasteiger partial charge in [0, 0.05) is 12.1 Å². The van der Waals surface area contributed by atoms with Crippen LogP contribution in [0.1, 0.15) is 38.7 Å². The predicted octanol–water partition coefficient (Wildman–Crippen LogP) is 2.65. The van der Waals surface area contributed by atoms with E-state index in [0.29, 0.717) is 6.54 Å². The van der Waals surface area contributed by atoms with Crippen LogP contribution in [0, 0.1) is 0 Å². The van der Waals surface area contributed by atoms with E-state index in [9.17, 15) is 4.79 Å². The fourth-order valence-corrected chi connectivity index (χ4v) is 2.40. The Morgan fingerprint density at radius 2 is 2.14 bits per heavy atom. The molecule has 1 aromatic carbocycles.